The van der Waals surface area contributed by atoms with Crippen molar-refractivity contribution in [3.8, 4) is 5.69 Å². The molecule has 102 valence electrons. The molecule has 0 bridgehead atoms. The van der Waals surface area contributed by atoms with Crippen molar-refractivity contribution in [2.75, 3.05) is 0 Å². The number of hydrogen-bond donors (Lipinski definition) is 1. The van der Waals surface area contributed by atoms with Crippen molar-refractivity contribution in [3.05, 3.63) is 47.5 Å². The summed E-state index contributed by atoms with van der Waals surface area (Å²) >= 11 is 0. The molecule has 2 rings (SSSR count). The van der Waals surface area contributed by atoms with Gasteiger partial charge in [-0.05, 0) is 30.2 Å². The standard InChI is InChI=1S/C16H23N3/c1-5-16-17-8-9-19(16)15-7-6-14(13(4)10-15)11-18-12(2)3/h6-10,12,18H,5,11H2,1-4H3. The highest BCUT2D eigenvalue weighted by atomic mass is 15.1. The van der Waals surface area contributed by atoms with Crippen molar-refractivity contribution in [1.82, 2.24) is 14.9 Å². The van der Waals surface area contributed by atoms with Gasteiger partial charge in [0.15, 0.2) is 0 Å². The Labute approximate surface area is 115 Å². The van der Waals surface area contributed by atoms with E-state index in [9.17, 15) is 0 Å². The van der Waals surface area contributed by atoms with E-state index in [2.05, 4.69) is 60.8 Å². The fourth-order valence-electron chi connectivity index (χ4n) is 2.17. The van der Waals surface area contributed by atoms with E-state index in [4.69, 9.17) is 0 Å². The number of imidazole rings is 1. The molecule has 0 atom stereocenters. The molecule has 0 fully saturated rings. The van der Waals surface area contributed by atoms with Crippen LogP contribution in [0.3, 0.4) is 0 Å². The van der Waals surface area contributed by atoms with Gasteiger partial charge in [-0.3, -0.25) is 0 Å². The lowest BCUT2D eigenvalue weighted by Crippen LogP contribution is -2.22. The molecular weight excluding hydrogens is 234 g/mol. The number of nitrogens with one attached hydrogen (secondary N) is 1. The van der Waals surface area contributed by atoms with Crippen LogP contribution in [0.5, 0.6) is 0 Å². The molecule has 19 heavy (non-hydrogen) atoms. The third-order valence-corrected chi connectivity index (χ3v) is 3.34. The van der Waals surface area contributed by atoms with Crippen LogP contribution in [-0.4, -0.2) is 15.6 Å². The van der Waals surface area contributed by atoms with Crippen molar-refractivity contribution >= 4 is 0 Å². The van der Waals surface area contributed by atoms with Crippen LogP contribution in [-0.2, 0) is 13.0 Å². The highest BCUT2D eigenvalue weighted by molar-refractivity contribution is 5.41. The van der Waals surface area contributed by atoms with E-state index < -0.39 is 0 Å². The maximum Gasteiger partial charge on any atom is 0.112 e. The van der Waals surface area contributed by atoms with Gasteiger partial charge in [0.05, 0.1) is 0 Å². The van der Waals surface area contributed by atoms with Crippen LogP contribution in [0.4, 0.5) is 0 Å². The van der Waals surface area contributed by atoms with E-state index in [0.29, 0.717) is 6.04 Å². The molecule has 1 N–H and O–H groups in total. The van der Waals surface area contributed by atoms with Gasteiger partial charge in [-0.2, -0.15) is 0 Å². The molecule has 1 aromatic carbocycles. The topological polar surface area (TPSA) is 29.9 Å². The summed E-state index contributed by atoms with van der Waals surface area (Å²) in [5.41, 5.74) is 3.87. The van der Waals surface area contributed by atoms with Gasteiger partial charge in [0.2, 0.25) is 0 Å². The van der Waals surface area contributed by atoms with Gasteiger partial charge < -0.3 is 9.88 Å². The van der Waals surface area contributed by atoms with Gasteiger partial charge >= 0.3 is 0 Å². The Morgan fingerprint density at radius 2 is 2.11 bits per heavy atom. The smallest absolute Gasteiger partial charge is 0.112 e. The van der Waals surface area contributed by atoms with Crippen LogP contribution in [0, 0.1) is 6.92 Å². The number of nitrogens with zero attached hydrogens (tertiary/aromatic N) is 2. The number of benzene rings is 1. The second-order valence-electron chi connectivity index (χ2n) is 5.21. The summed E-state index contributed by atoms with van der Waals surface area (Å²) < 4.78 is 2.16. The van der Waals surface area contributed by atoms with Crippen molar-refractivity contribution < 1.29 is 0 Å². The quantitative estimate of drug-likeness (QED) is 0.891. The van der Waals surface area contributed by atoms with Crippen LogP contribution in [0.2, 0.25) is 0 Å². The minimum absolute atomic E-state index is 0.513. The second kappa shape index (κ2) is 6.02. The van der Waals surface area contributed by atoms with Crippen molar-refractivity contribution in [2.45, 2.75) is 46.7 Å². The first-order valence-corrected chi connectivity index (χ1v) is 6.97. The molecule has 1 heterocycles. The number of hydrogen-bond acceptors (Lipinski definition) is 2. The van der Waals surface area contributed by atoms with Crippen LogP contribution < -0.4 is 5.32 Å². The van der Waals surface area contributed by atoms with Crippen molar-refractivity contribution in [3.63, 3.8) is 0 Å². The Hall–Kier alpha value is -1.61. The highest BCUT2D eigenvalue weighted by Crippen LogP contribution is 2.16. The minimum atomic E-state index is 0.513. The average molecular weight is 257 g/mol. The van der Waals surface area contributed by atoms with Gasteiger partial charge in [-0.15, -0.1) is 0 Å². The molecule has 0 unspecified atom stereocenters. The lowest BCUT2D eigenvalue weighted by molar-refractivity contribution is 0.587. The molecule has 0 amide bonds. The summed E-state index contributed by atoms with van der Waals surface area (Å²) in [7, 11) is 0. The van der Waals surface area contributed by atoms with Crippen LogP contribution >= 0.6 is 0 Å². The molecule has 0 aliphatic rings. The summed E-state index contributed by atoms with van der Waals surface area (Å²) in [6.07, 6.45) is 4.84. The SMILES string of the molecule is CCc1nccn1-c1ccc(CNC(C)C)c(C)c1. The lowest BCUT2D eigenvalue weighted by atomic mass is 10.1. The van der Waals surface area contributed by atoms with Crippen molar-refractivity contribution in [1.29, 1.82) is 0 Å². The van der Waals surface area contributed by atoms with Crippen LogP contribution in [0.15, 0.2) is 30.6 Å². The predicted molar refractivity (Wildman–Crippen MR) is 79.7 cm³/mol. The zero-order valence-corrected chi connectivity index (χ0v) is 12.3. The zero-order valence-electron chi connectivity index (χ0n) is 12.3. The molecule has 2 aromatic rings. The fourth-order valence-corrected chi connectivity index (χ4v) is 2.17. The Balaban J connectivity index is 2.23. The van der Waals surface area contributed by atoms with E-state index >= 15 is 0 Å². The maximum absolute atomic E-state index is 4.37. The molecule has 1 aromatic heterocycles. The highest BCUT2D eigenvalue weighted by Gasteiger charge is 2.05. The molecule has 0 aliphatic carbocycles. The molecule has 0 aliphatic heterocycles. The second-order valence-corrected chi connectivity index (χ2v) is 5.21. The molecule has 0 radical (unpaired) electrons. The molecule has 0 saturated carbocycles. The third kappa shape index (κ3) is 3.24. The minimum Gasteiger partial charge on any atom is -0.310 e. The maximum atomic E-state index is 4.37. The normalized spacial score (nSPS) is 11.2. The summed E-state index contributed by atoms with van der Waals surface area (Å²) in [6.45, 7) is 9.57. The van der Waals surface area contributed by atoms with E-state index in [1.165, 1.54) is 16.8 Å². The Morgan fingerprint density at radius 1 is 1.32 bits per heavy atom. The summed E-state index contributed by atoms with van der Waals surface area (Å²) in [4.78, 5) is 4.37. The summed E-state index contributed by atoms with van der Waals surface area (Å²) in [6, 6.07) is 7.13. The first-order chi connectivity index (χ1) is 9.11. The molecular formula is C16H23N3. The molecule has 0 saturated heterocycles. The van der Waals surface area contributed by atoms with Crippen LogP contribution in [0.25, 0.3) is 5.69 Å². The molecule has 3 heteroatoms. The van der Waals surface area contributed by atoms with E-state index in [0.717, 1.165) is 18.8 Å². The number of aromatic nitrogens is 2. The summed E-state index contributed by atoms with van der Waals surface area (Å²) in [5, 5.41) is 3.46. The third-order valence-electron chi connectivity index (χ3n) is 3.34. The first-order valence-electron chi connectivity index (χ1n) is 6.97. The van der Waals surface area contributed by atoms with Crippen molar-refractivity contribution in [2.24, 2.45) is 0 Å². The van der Waals surface area contributed by atoms with Crippen LogP contribution in [0.1, 0.15) is 37.7 Å². The number of rotatable bonds is 5. The Bertz CT molecular complexity index is 541. The average Bonchev–Trinajstić information content (AvgIpc) is 2.85. The predicted octanol–water partition coefficient (Wildman–Crippen LogP) is 3.24. The Morgan fingerprint density at radius 3 is 2.74 bits per heavy atom. The monoisotopic (exact) mass is 257 g/mol. The number of aryl methyl sites for hydroxylation is 2. The van der Waals surface area contributed by atoms with E-state index in [1.807, 2.05) is 12.4 Å². The van der Waals surface area contributed by atoms with Gasteiger partial charge in [0, 0.05) is 37.1 Å². The first kappa shape index (κ1) is 13.8. The van der Waals surface area contributed by atoms with Gasteiger partial charge in [-0.25, -0.2) is 4.98 Å². The summed E-state index contributed by atoms with van der Waals surface area (Å²) in [5.74, 6) is 1.10. The molecule has 3 nitrogen and oxygen atoms in total. The van der Waals surface area contributed by atoms with E-state index in [-0.39, 0.29) is 0 Å². The lowest BCUT2D eigenvalue weighted by Gasteiger charge is -2.13. The molecule has 0 spiro atoms. The fraction of sp³-hybridized carbons (Fsp3) is 0.438. The Kier molecular flexibility index (Phi) is 4.38. The van der Waals surface area contributed by atoms with E-state index in [1.54, 1.807) is 0 Å². The van der Waals surface area contributed by atoms with Gasteiger partial charge in [0.25, 0.3) is 0 Å². The largest absolute Gasteiger partial charge is 0.310 e. The zero-order chi connectivity index (χ0) is 13.8. The van der Waals surface area contributed by atoms with Gasteiger partial charge in [-0.1, -0.05) is 26.8 Å². The van der Waals surface area contributed by atoms with Gasteiger partial charge in [0.1, 0.15) is 5.82 Å².